The van der Waals surface area contributed by atoms with Gasteiger partial charge in [0.1, 0.15) is 5.76 Å². The molecule has 2 nitrogen and oxygen atoms in total. The first-order valence-corrected chi connectivity index (χ1v) is 5.99. The highest BCUT2D eigenvalue weighted by atomic mass is 79.9. The van der Waals surface area contributed by atoms with E-state index >= 15 is 0 Å². The van der Waals surface area contributed by atoms with Crippen molar-refractivity contribution in [2.24, 2.45) is 0 Å². The van der Waals surface area contributed by atoms with Gasteiger partial charge in [-0.15, -0.1) is 0 Å². The van der Waals surface area contributed by atoms with Crippen LogP contribution in [0.1, 0.15) is 5.76 Å². The Morgan fingerprint density at radius 1 is 1.43 bits per heavy atom. The maximum Gasteiger partial charge on any atom is 0.125 e. The lowest BCUT2D eigenvalue weighted by atomic mass is 10.1. The number of furan rings is 1. The summed E-state index contributed by atoms with van der Waals surface area (Å²) in [6.45, 7) is 0.755. The summed E-state index contributed by atoms with van der Waals surface area (Å²) in [5.41, 5.74) is 2.36. The molecule has 2 heterocycles. The predicted octanol–water partition coefficient (Wildman–Crippen LogP) is 3.49. The van der Waals surface area contributed by atoms with Crippen LogP contribution in [0.5, 0.6) is 0 Å². The molecule has 0 amide bonds. The van der Waals surface area contributed by atoms with Crippen LogP contribution in [0.15, 0.2) is 32.0 Å². The third-order valence-corrected chi connectivity index (χ3v) is 3.69. The number of hydrogen-bond acceptors (Lipinski definition) is 3. The van der Waals surface area contributed by atoms with Gasteiger partial charge in [-0.25, -0.2) is 0 Å². The van der Waals surface area contributed by atoms with Crippen LogP contribution < -0.4 is 5.32 Å². The lowest BCUT2D eigenvalue weighted by molar-refractivity contribution is 0.497. The van der Waals surface area contributed by atoms with E-state index in [1.807, 2.05) is 13.1 Å². The van der Waals surface area contributed by atoms with Crippen LogP contribution in [-0.2, 0) is 6.54 Å². The van der Waals surface area contributed by atoms with Gasteiger partial charge in [-0.1, -0.05) is 0 Å². The Morgan fingerprint density at radius 2 is 2.29 bits per heavy atom. The van der Waals surface area contributed by atoms with E-state index in [1.54, 1.807) is 17.6 Å². The second kappa shape index (κ2) is 4.29. The lowest BCUT2D eigenvalue weighted by Crippen LogP contribution is -2.04. The molecule has 0 bridgehead atoms. The van der Waals surface area contributed by atoms with Gasteiger partial charge in [0.2, 0.25) is 0 Å². The van der Waals surface area contributed by atoms with E-state index in [4.69, 9.17) is 4.42 Å². The molecule has 0 saturated carbocycles. The average molecular weight is 272 g/mol. The largest absolute Gasteiger partial charge is 0.467 e. The molecule has 0 aliphatic carbocycles. The van der Waals surface area contributed by atoms with E-state index in [2.05, 4.69) is 32.0 Å². The lowest BCUT2D eigenvalue weighted by Gasteiger charge is -2.00. The van der Waals surface area contributed by atoms with Crippen LogP contribution in [0.4, 0.5) is 0 Å². The van der Waals surface area contributed by atoms with Gasteiger partial charge < -0.3 is 9.73 Å². The van der Waals surface area contributed by atoms with E-state index in [0.717, 1.165) is 22.3 Å². The molecule has 0 fully saturated rings. The molecule has 0 aliphatic rings. The summed E-state index contributed by atoms with van der Waals surface area (Å²) in [6, 6.07) is 2.00. The van der Waals surface area contributed by atoms with Crippen LogP contribution in [0.25, 0.3) is 11.1 Å². The molecule has 2 rings (SSSR count). The minimum atomic E-state index is 0.755. The molecular formula is C10H10BrNOS. The molecule has 0 aromatic carbocycles. The van der Waals surface area contributed by atoms with Gasteiger partial charge >= 0.3 is 0 Å². The van der Waals surface area contributed by atoms with Gasteiger partial charge in [0.25, 0.3) is 0 Å². The van der Waals surface area contributed by atoms with Gasteiger partial charge in [-0.05, 0) is 34.4 Å². The van der Waals surface area contributed by atoms with E-state index in [0.29, 0.717) is 0 Å². The Hall–Kier alpha value is -0.580. The van der Waals surface area contributed by atoms with Crippen LogP contribution in [0.2, 0.25) is 0 Å². The molecule has 0 radical (unpaired) electrons. The van der Waals surface area contributed by atoms with Gasteiger partial charge in [0.15, 0.2) is 0 Å². The second-order valence-electron chi connectivity index (χ2n) is 2.92. The van der Waals surface area contributed by atoms with E-state index in [9.17, 15) is 0 Å². The van der Waals surface area contributed by atoms with Crippen molar-refractivity contribution in [3.05, 3.63) is 33.3 Å². The topological polar surface area (TPSA) is 25.2 Å². The first-order valence-electron chi connectivity index (χ1n) is 4.26. The third kappa shape index (κ3) is 1.78. The van der Waals surface area contributed by atoms with Crippen LogP contribution >= 0.6 is 27.3 Å². The van der Waals surface area contributed by atoms with Crippen molar-refractivity contribution in [2.75, 3.05) is 7.05 Å². The van der Waals surface area contributed by atoms with Crippen molar-refractivity contribution < 1.29 is 4.42 Å². The number of nitrogens with one attached hydrogen (secondary N) is 1. The minimum absolute atomic E-state index is 0.755. The fourth-order valence-corrected chi connectivity index (χ4v) is 2.86. The molecular weight excluding hydrogens is 262 g/mol. The van der Waals surface area contributed by atoms with Crippen molar-refractivity contribution in [3.63, 3.8) is 0 Å². The first kappa shape index (κ1) is 9.96. The summed E-state index contributed by atoms with van der Waals surface area (Å²) in [7, 11) is 1.91. The van der Waals surface area contributed by atoms with Gasteiger partial charge in [0.05, 0.1) is 12.8 Å². The van der Waals surface area contributed by atoms with Crippen molar-refractivity contribution in [3.8, 4) is 11.1 Å². The van der Waals surface area contributed by atoms with E-state index < -0.39 is 0 Å². The first-order chi connectivity index (χ1) is 6.83. The Balaban J connectivity index is 2.41. The quantitative estimate of drug-likeness (QED) is 0.925. The normalized spacial score (nSPS) is 10.7. The Bertz CT molecular complexity index is 421. The average Bonchev–Trinajstić information content (AvgIpc) is 2.74. The minimum Gasteiger partial charge on any atom is -0.467 e. The molecule has 0 saturated heterocycles. The maximum absolute atomic E-state index is 5.41. The fraction of sp³-hybridized carbons (Fsp3) is 0.200. The monoisotopic (exact) mass is 271 g/mol. The van der Waals surface area contributed by atoms with Gasteiger partial charge in [-0.2, -0.15) is 11.3 Å². The zero-order chi connectivity index (χ0) is 9.97. The highest BCUT2D eigenvalue weighted by Crippen LogP contribution is 2.34. The summed E-state index contributed by atoms with van der Waals surface area (Å²) in [5.74, 6) is 0.978. The molecule has 0 atom stereocenters. The fourth-order valence-electron chi connectivity index (χ4n) is 1.35. The highest BCUT2D eigenvalue weighted by molar-refractivity contribution is 9.10. The Morgan fingerprint density at radius 3 is 2.93 bits per heavy atom. The van der Waals surface area contributed by atoms with Gasteiger partial charge in [-0.3, -0.25) is 0 Å². The number of rotatable bonds is 3. The number of thiophene rings is 1. The molecule has 2 aromatic rings. The molecule has 2 aromatic heterocycles. The standard InChI is InChI=1S/C10H10BrNOS/c1-12-4-10-7(2-3-13-10)8-5-14-6-9(8)11/h2-3,5-6,12H,4H2,1H3. The molecule has 1 N–H and O–H groups in total. The molecule has 4 heteroatoms. The zero-order valence-electron chi connectivity index (χ0n) is 7.71. The van der Waals surface area contributed by atoms with Crippen molar-refractivity contribution in [2.45, 2.75) is 6.54 Å². The molecule has 0 spiro atoms. The zero-order valence-corrected chi connectivity index (χ0v) is 10.1. The summed E-state index contributed by atoms with van der Waals surface area (Å²) < 4.78 is 6.53. The predicted molar refractivity (Wildman–Crippen MR) is 62.5 cm³/mol. The smallest absolute Gasteiger partial charge is 0.125 e. The Kier molecular flexibility index (Phi) is 3.05. The number of halogens is 1. The van der Waals surface area contributed by atoms with E-state index in [-0.39, 0.29) is 0 Å². The summed E-state index contributed by atoms with van der Waals surface area (Å²) in [6.07, 6.45) is 1.73. The van der Waals surface area contributed by atoms with Crippen LogP contribution in [0, 0.1) is 0 Å². The SMILES string of the molecule is CNCc1occc1-c1cscc1Br. The highest BCUT2D eigenvalue weighted by Gasteiger charge is 2.11. The Labute approximate surface area is 95.1 Å². The molecule has 0 unspecified atom stereocenters. The van der Waals surface area contributed by atoms with E-state index in [1.165, 1.54) is 5.56 Å². The summed E-state index contributed by atoms with van der Waals surface area (Å²) in [5, 5.41) is 7.28. The molecule has 0 aliphatic heterocycles. The summed E-state index contributed by atoms with van der Waals surface area (Å²) in [4.78, 5) is 0. The van der Waals surface area contributed by atoms with Crippen molar-refractivity contribution in [1.82, 2.24) is 5.32 Å². The van der Waals surface area contributed by atoms with Gasteiger partial charge in [0, 0.05) is 21.0 Å². The van der Waals surface area contributed by atoms with Crippen LogP contribution in [-0.4, -0.2) is 7.05 Å². The second-order valence-corrected chi connectivity index (χ2v) is 4.52. The molecule has 14 heavy (non-hydrogen) atoms. The molecule has 74 valence electrons. The van der Waals surface area contributed by atoms with Crippen molar-refractivity contribution >= 4 is 27.3 Å². The van der Waals surface area contributed by atoms with Crippen molar-refractivity contribution in [1.29, 1.82) is 0 Å². The summed E-state index contributed by atoms with van der Waals surface area (Å²) >= 11 is 5.20. The number of hydrogen-bond donors (Lipinski definition) is 1. The third-order valence-electron chi connectivity index (χ3n) is 1.99. The maximum atomic E-state index is 5.41. The van der Waals surface area contributed by atoms with Crippen LogP contribution in [0.3, 0.4) is 0 Å².